The minimum atomic E-state index is -0.0365. The van der Waals surface area contributed by atoms with Crippen LogP contribution in [0.1, 0.15) is 20.9 Å². The van der Waals surface area contributed by atoms with E-state index in [4.69, 9.17) is 16.3 Å². The molecule has 0 saturated carbocycles. The Balaban J connectivity index is 1.58. The van der Waals surface area contributed by atoms with Gasteiger partial charge in [0.05, 0.1) is 22.1 Å². The molecule has 1 aromatic carbocycles. The molecule has 0 bridgehead atoms. The van der Waals surface area contributed by atoms with Crippen molar-refractivity contribution in [2.24, 2.45) is 0 Å². The molecule has 0 aliphatic heterocycles. The molecule has 0 aliphatic rings. The van der Waals surface area contributed by atoms with Crippen LogP contribution in [0.15, 0.2) is 47.3 Å². The molecule has 3 aromatic rings. The summed E-state index contributed by atoms with van der Waals surface area (Å²) >= 11 is 8.94. The Morgan fingerprint density at radius 3 is 2.67 bits per heavy atom. The third kappa shape index (κ3) is 4.35. The quantitative estimate of drug-likeness (QED) is 0.623. The summed E-state index contributed by atoms with van der Waals surface area (Å²) in [6, 6.07) is 10.9. The minimum absolute atomic E-state index is 0.0365. The summed E-state index contributed by atoms with van der Waals surface area (Å²) in [6.07, 6.45) is 0. The van der Waals surface area contributed by atoms with Gasteiger partial charge in [0, 0.05) is 22.9 Å². The van der Waals surface area contributed by atoms with Crippen LogP contribution in [0, 0.1) is 0 Å². The predicted octanol–water partition coefficient (Wildman–Crippen LogP) is 4.71. The Morgan fingerprint density at radius 1 is 1.25 bits per heavy atom. The van der Waals surface area contributed by atoms with Crippen LogP contribution in [-0.4, -0.2) is 22.8 Å². The summed E-state index contributed by atoms with van der Waals surface area (Å²) in [6.45, 7) is 0.966. The van der Waals surface area contributed by atoms with Gasteiger partial charge >= 0.3 is 0 Å². The first-order valence-electron chi connectivity index (χ1n) is 7.21. The molecule has 0 N–H and O–H groups in total. The second-order valence-electron chi connectivity index (χ2n) is 5.16. The van der Waals surface area contributed by atoms with Gasteiger partial charge in [0.15, 0.2) is 0 Å². The summed E-state index contributed by atoms with van der Waals surface area (Å²) in [5.74, 6) is 0.679. The lowest BCUT2D eigenvalue weighted by atomic mass is 10.2. The highest BCUT2D eigenvalue weighted by Crippen LogP contribution is 2.23. The fourth-order valence-corrected chi connectivity index (χ4v) is 3.81. The molecule has 0 aliphatic carbocycles. The number of halogens is 1. The number of thiazole rings is 1. The molecular weight excluding hydrogens is 364 g/mol. The first kappa shape index (κ1) is 17.0. The zero-order chi connectivity index (χ0) is 16.9. The predicted molar refractivity (Wildman–Crippen MR) is 98.0 cm³/mol. The second-order valence-corrected chi connectivity index (χ2v) is 7.68. The Bertz CT molecular complexity index is 800. The standard InChI is InChI=1S/C17H15ClN2O2S2/c1-20(8-15-6-7-16(18)24-15)17(21)12-2-4-14(5-3-12)22-9-13-10-23-11-19-13/h2-7,10-11H,8-9H2,1H3. The van der Waals surface area contributed by atoms with E-state index in [0.717, 1.165) is 14.9 Å². The summed E-state index contributed by atoms with van der Waals surface area (Å²) in [5.41, 5.74) is 3.30. The number of ether oxygens (including phenoxy) is 1. The van der Waals surface area contributed by atoms with Crippen molar-refractivity contribution in [2.45, 2.75) is 13.2 Å². The molecule has 2 aromatic heterocycles. The van der Waals surface area contributed by atoms with Crippen molar-refractivity contribution >= 4 is 40.2 Å². The Kier molecular flexibility index (Phi) is 5.50. The number of carbonyl (C=O) groups excluding carboxylic acids is 1. The molecule has 2 heterocycles. The molecular formula is C17H15ClN2O2S2. The fourth-order valence-electron chi connectivity index (χ4n) is 2.12. The number of benzene rings is 1. The number of thiophene rings is 1. The van der Waals surface area contributed by atoms with Gasteiger partial charge in [0.2, 0.25) is 0 Å². The Hall–Kier alpha value is -1.89. The lowest BCUT2D eigenvalue weighted by Gasteiger charge is -2.16. The molecule has 24 heavy (non-hydrogen) atoms. The zero-order valence-corrected chi connectivity index (χ0v) is 15.3. The maximum absolute atomic E-state index is 12.5. The molecule has 0 saturated heterocycles. The number of hydrogen-bond donors (Lipinski definition) is 0. The first-order valence-corrected chi connectivity index (χ1v) is 9.35. The van der Waals surface area contributed by atoms with E-state index in [0.29, 0.717) is 24.5 Å². The number of rotatable bonds is 6. The SMILES string of the molecule is CN(Cc1ccc(Cl)s1)C(=O)c1ccc(OCc2cscn2)cc1. The molecule has 1 amide bonds. The van der Waals surface area contributed by atoms with E-state index in [9.17, 15) is 4.79 Å². The van der Waals surface area contributed by atoms with Crippen LogP contribution < -0.4 is 4.74 Å². The maximum atomic E-state index is 12.5. The van der Waals surface area contributed by atoms with Crippen molar-refractivity contribution in [2.75, 3.05) is 7.05 Å². The average Bonchev–Trinajstić information content (AvgIpc) is 3.24. The van der Waals surface area contributed by atoms with E-state index in [2.05, 4.69) is 4.98 Å². The van der Waals surface area contributed by atoms with Crippen LogP contribution in [0.3, 0.4) is 0 Å². The number of amides is 1. The molecule has 3 rings (SSSR count). The number of hydrogen-bond acceptors (Lipinski definition) is 5. The van der Waals surface area contributed by atoms with Gasteiger partial charge in [-0.1, -0.05) is 11.6 Å². The van der Waals surface area contributed by atoms with Gasteiger partial charge in [-0.15, -0.1) is 22.7 Å². The van der Waals surface area contributed by atoms with E-state index in [1.807, 2.05) is 17.5 Å². The highest BCUT2D eigenvalue weighted by atomic mass is 35.5. The van der Waals surface area contributed by atoms with Crippen LogP contribution in [-0.2, 0) is 13.2 Å². The number of carbonyl (C=O) groups is 1. The summed E-state index contributed by atoms with van der Waals surface area (Å²) in [7, 11) is 1.78. The van der Waals surface area contributed by atoms with Gasteiger partial charge in [-0.2, -0.15) is 0 Å². The van der Waals surface area contributed by atoms with Gasteiger partial charge in [-0.3, -0.25) is 4.79 Å². The van der Waals surface area contributed by atoms with Gasteiger partial charge < -0.3 is 9.64 Å². The smallest absolute Gasteiger partial charge is 0.253 e. The molecule has 0 unspecified atom stereocenters. The number of aromatic nitrogens is 1. The van der Waals surface area contributed by atoms with Crippen molar-refractivity contribution in [3.63, 3.8) is 0 Å². The van der Waals surface area contributed by atoms with Crippen molar-refractivity contribution in [1.82, 2.24) is 9.88 Å². The van der Waals surface area contributed by atoms with Crippen molar-refractivity contribution in [1.29, 1.82) is 0 Å². The number of nitrogens with zero attached hydrogens (tertiary/aromatic N) is 2. The first-order chi connectivity index (χ1) is 11.6. The Labute approximate surface area is 153 Å². The van der Waals surface area contributed by atoms with Gasteiger partial charge in [-0.05, 0) is 36.4 Å². The Morgan fingerprint density at radius 2 is 2.04 bits per heavy atom. The van der Waals surface area contributed by atoms with Crippen molar-refractivity contribution < 1.29 is 9.53 Å². The van der Waals surface area contributed by atoms with Crippen molar-refractivity contribution in [3.05, 3.63) is 67.8 Å². The summed E-state index contributed by atoms with van der Waals surface area (Å²) in [4.78, 5) is 19.4. The highest BCUT2D eigenvalue weighted by Gasteiger charge is 2.13. The maximum Gasteiger partial charge on any atom is 0.253 e. The molecule has 4 nitrogen and oxygen atoms in total. The molecule has 0 atom stereocenters. The van der Waals surface area contributed by atoms with E-state index >= 15 is 0 Å². The molecule has 7 heteroatoms. The van der Waals surface area contributed by atoms with Gasteiger partial charge in [-0.25, -0.2) is 4.98 Å². The monoisotopic (exact) mass is 378 g/mol. The lowest BCUT2D eigenvalue weighted by molar-refractivity contribution is 0.0786. The van der Waals surface area contributed by atoms with E-state index in [-0.39, 0.29) is 5.91 Å². The largest absolute Gasteiger partial charge is 0.487 e. The van der Waals surface area contributed by atoms with Crippen LogP contribution in [0.5, 0.6) is 5.75 Å². The summed E-state index contributed by atoms with van der Waals surface area (Å²) in [5, 5.41) is 1.95. The summed E-state index contributed by atoms with van der Waals surface area (Å²) < 4.78 is 6.38. The molecule has 0 spiro atoms. The topological polar surface area (TPSA) is 42.4 Å². The van der Waals surface area contributed by atoms with E-state index in [1.54, 1.807) is 41.7 Å². The van der Waals surface area contributed by atoms with Crippen LogP contribution in [0.2, 0.25) is 4.34 Å². The highest BCUT2D eigenvalue weighted by molar-refractivity contribution is 7.16. The third-order valence-corrected chi connectivity index (χ3v) is 5.19. The molecule has 0 fully saturated rings. The minimum Gasteiger partial charge on any atom is -0.487 e. The van der Waals surface area contributed by atoms with Crippen LogP contribution in [0.25, 0.3) is 0 Å². The average molecular weight is 379 g/mol. The molecule has 0 radical (unpaired) electrons. The third-order valence-electron chi connectivity index (χ3n) is 3.34. The second kappa shape index (κ2) is 7.79. The van der Waals surface area contributed by atoms with E-state index in [1.165, 1.54) is 22.7 Å². The normalized spacial score (nSPS) is 10.6. The van der Waals surface area contributed by atoms with Gasteiger partial charge in [0.25, 0.3) is 5.91 Å². The van der Waals surface area contributed by atoms with E-state index < -0.39 is 0 Å². The van der Waals surface area contributed by atoms with Gasteiger partial charge in [0.1, 0.15) is 12.4 Å². The van der Waals surface area contributed by atoms with Crippen molar-refractivity contribution in [3.8, 4) is 5.75 Å². The molecule has 124 valence electrons. The van der Waals surface area contributed by atoms with Crippen LogP contribution >= 0.6 is 34.3 Å². The van der Waals surface area contributed by atoms with Crippen LogP contribution in [0.4, 0.5) is 0 Å². The fraction of sp³-hybridized carbons (Fsp3) is 0.176. The zero-order valence-electron chi connectivity index (χ0n) is 12.9. The lowest BCUT2D eigenvalue weighted by Crippen LogP contribution is -2.25.